The molecular formula is C22H16O. The van der Waals surface area contributed by atoms with Crippen molar-refractivity contribution in [3.05, 3.63) is 95.6 Å². The minimum atomic E-state index is 0.0743. The fraction of sp³-hybridized carbons (Fsp3) is 0.0455. The zero-order valence-electron chi connectivity index (χ0n) is 12.9. The van der Waals surface area contributed by atoms with Crippen LogP contribution in [0.2, 0.25) is 0 Å². The van der Waals surface area contributed by atoms with Crippen LogP contribution in [0.15, 0.2) is 78.9 Å². The largest absolute Gasteiger partial charge is 0.289 e. The number of aryl methyl sites for hydroxylation is 1. The van der Waals surface area contributed by atoms with Gasteiger partial charge in [0.05, 0.1) is 0 Å². The molecule has 0 unspecified atom stereocenters. The molecule has 23 heavy (non-hydrogen) atoms. The van der Waals surface area contributed by atoms with Crippen molar-refractivity contribution in [1.29, 1.82) is 0 Å². The number of rotatable bonds is 2. The highest BCUT2D eigenvalue weighted by atomic mass is 16.1. The van der Waals surface area contributed by atoms with Gasteiger partial charge in [0.15, 0.2) is 5.78 Å². The molecule has 0 N–H and O–H groups in total. The highest BCUT2D eigenvalue weighted by Gasteiger charge is 2.14. The molecule has 4 aromatic rings. The van der Waals surface area contributed by atoms with Gasteiger partial charge >= 0.3 is 0 Å². The van der Waals surface area contributed by atoms with E-state index in [9.17, 15) is 4.79 Å². The summed E-state index contributed by atoms with van der Waals surface area (Å²) in [6, 6.07) is 26.0. The molecule has 0 heterocycles. The first-order valence-corrected chi connectivity index (χ1v) is 7.76. The van der Waals surface area contributed by atoms with Crippen molar-refractivity contribution in [3.8, 4) is 0 Å². The van der Waals surface area contributed by atoms with E-state index >= 15 is 0 Å². The fourth-order valence-corrected chi connectivity index (χ4v) is 3.15. The van der Waals surface area contributed by atoms with Crippen molar-refractivity contribution in [2.24, 2.45) is 0 Å². The Bertz CT molecular complexity index is 1030. The molecule has 0 bridgehead atoms. The Labute approximate surface area is 135 Å². The van der Waals surface area contributed by atoms with Crippen molar-refractivity contribution >= 4 is 27.3 Å². The molecule has 0 aliphatic rings. The Morgan fingerprint density at radius 2 is 1.43 bits per heavy atom. The summed E-state index contributed by atoms with van der Waals surface area (Å²) >= 11 is 0. The maximum absolute atomic E-state index is 13.0. The molecule has 0 fully saturated rings. The maximum Gasteiger partial charge on any atom is 0.193 e. The second-order valence-corrected chi connectivity index (χ2v) is 5.89. The second-order valence-electron chi connectivity index (χ2n) is 5.89. The molecule has 1 heteroatoms. The van der Waals surface area contributed by atoms with Gasteiger partial charge in [0.25, 0.3) is 0 Å². The maximum atomic E-state index is 13.0. The zero-order chi connectivity index (χ0) is 15.8. The lowest BCUT2D eigenvalue weighted by Gasteiger charge is -2.11. The number of ketones is 1. The van der Waals surface area contributed by atoms with Gasteiger partial charge in [-0.3, -0.25) is 4.79 Å². The summed E-state index contributed by atoms with van der Waals surface area (Å²) in [5, 5.41) is 4.45. The summed E-state index contributed by atoms with van der Waals surface area (Å²) in [4.78, 5) is 13.0. The van der Waals surface area contributed by atoms with Gasteiger partial charge in [-0.1, -0.05) is 78.4 Å². The van der Waals surface area contributed by atoms with Gasteiger partial charge in [-0.15, -0.1) is 0 Å². The smallest absolute Gasteiger partial charge is 0.193 e. The van der Waals surface area contributed by atoms with Crippen LogP contribution in [0.25, 0.3) is 21.5 Å². The van der Waals surface area contributed by atoms with Crippen LogP contribution >= 0.6 is 0 Å². The van der Waals surface area contributed by atoms with E-state index in [2.05, 4.69) is 37.3 Å². The van der Waals surface area contributed by atoms with E-state index in [-0.39, 0.29) is 5.78 Å². The minimum Gasteiger partial charge on any atom is -0.289 e. The van der Waals surface area contributed by atoms with Crippen molar-refractivity contribution in [2.45, 2.75) is 6.92 Å². The molecular weight excluding hydrogens is 280 g/mol. The topological polar surface area (TPSA) is 17.1 Å². The van der Waals surface area contributed by atoms with Gasteiger partial charge in [0, 0.05) is 11.1 Å². The highest BCUT2D eigenvalue weighted by molar-refractivity contribution is 6.22. The summed E-state index contributed by atoms with van der Waals surface area (Å²) in [7, 11) is 0. The van der Waals surface area contributed by atoms with Crippen LogP contribution in [-0.4, -0.2) is 5.78 Å². The monoisotopic (exact) mass is 296 g/mol. The predicted octanol–water partition coefficient (Wildman–Crippen LogP) is 5.53. The average molecular weight is 296 g/mol. The lowest BCUT2D eigenvalue weighted by molar-refractivity contribution is 0.104. The van der Waals surface area contributed by atoms with Gasteiger partial charge in [-0.2, -0.15) is 0 Å². The van der Waals surface area contributed by atoms with E-state index in [0.717, 1.165) is 27.3 Å². The minimum absolute atomic E-state index is 0.0743. The Balaban J connectivity index is 2.07. The lowest BCUT2D eigenvalue weighted by Crippen LogP contribution is -2.02. The molecule has 0 aromatic heterocycles. The van der Waals surface area contributed by atoms with Crippen LogP contribution in [0.5, 0.6) is 0 Å². The quantitative estimate of drug-likeness (QED) is 0.351. The number of carbonyl (C=O) groups excluding carboxylic acids is 1. The molecule has 0 radical (unpaired) electrons. The Kier molecular flexibility index (Phi) is 3.20. The zero-order valence-corrected chi connectivity index (χ0v) is 12.9. The molecule has 0 saturated carbocycles. The average Bonchev–Trinajstić information content (AvgIpc) is 2.61. The third-order valence-corrected chi connectivity index (χ3v) is 4.30. The third-order valence-electron chi connectivity index (χ3n) is 4.30. The second kappa shape index (κ2) is 5.36. The molecule has 0 aliphatic heterocycles. The first-order valence-electron chi connectivity index (χ1n) is 7.76. The lowest BCUT2D eigenvalue weighted by atomic mass is 9.92. The van der Waals surface area contributed by atoms with Crippen LogP contribution in [0.4, 0.5) is 0 Å². The summed E-state index contributed by atoms with van der Waals surface area (Å²) in [5.74, 6) is 0.0743. The van der Waals surface area contributed by atoms with Gasteiger partial charge in [0.2, 0.25) is 0 Å². The van der Waals surface area contributed by atoms with Crippen molar-refractivity contribution < 1.29 is 4.79 Å². The summed E-state index contributed by atoms with van der Waals surface area (Å²) in [6.45, 7) is 2.08. The van der Waals surface area contributed by atoms with Gasteiger partial charge in [0.1, 0.15) is 0 Å². The first-order chi connectivity index (χ1) is 11.2. The molecule has 0 amide bonds. The molecule has 0 saturated heterocycles. The molecule has 4 rings (SSSR count). The number of benzene rings is 4. The van der Waals surface area contributed by atoms with Gasteiger partial charge < -0.3 is 0 Å². The van der Waals surface area contributed by atoms with E-state index in [1.165, 1.54) is 10.9 Å². The first kappa shape index (κ1) is 13.7. The summed E-state index contributed by atoms with van der Waals surface area (Å²) < 4.78 is 0. The Morgan fingerprint density at radius 1 is 0.696 bits per heavy atom. The summed E-state index contributed by atoms with van der Waals surface area (Å²) in [6.07, 6.45) is 0. The van der Waals surface area contributed by atoms with Crippen LogP contribution in [0.3, 0.4) is 0 Å². The molecule has 110 valence electrons. The van der Waals surface area contributed by atoms with Gasteiger partial charge in [-0.25, -0.2) is 0 Å². The number of hydrogen-bond donors (Lipinski definition) is 0. The Morgan fingerprint density at radius 3 is 2.26 bits per heavy atom. The number of hydrogen-bond acceptors (Lipinski definition) is 1. The molecule has 0 aliphatic carbocycles. The van der Waals surface area contributed by atoms with Crippen LogP contribution in [0.1, 0.15) is 21.5 Å². The van der Waals surface area contributed by atoms with Gasteiger partial charge in [-0.05, 0) is 34.5 Å². The van der Waals surface area contributed by atoms with Crippen molar-refractivity contribution in [3.63, 3.8) is 0 Å². The normalized spacial score (nSPS) is 11.0. The van der Waals surface area contributed by atoms with Crippen molar-refractivity contribution in [2.75, 3.05) is 0 Å². The third kappa shape index (κ3) is 2.31. The number of fused-ring (bicyclic) bond motifs is 3. The standard InChI is InChI=1S/C22H16O/c1-15-11-12-19-20(13-15)18-10-6-5-9-17(18)14-21(19)22(23)16-7-3-2-4-8-16/h2-14H,1H3. The van der Waals surface area contributed by atoms with E-state index < -0.39 is 0 Å². The van der Waals surface area contributed by atoms with Crippen molar-refractivity contribution in [1.82, 2.24) is 0 Å². The van der Waals surface area contributed by atoms with E-state index in [1.54, 1.807) is 0 Å². The van der Waals surface area contributed by atoms with E-state index in [4.69, 9.17) is 0 Å². The predicted molar refractivity (Wildman–Crippen MR) is 96.1 cm³/mol. The van der Waals surface area contributed by atoms with E-state index in [1.807, 2.05) is 48.5 Å². The molecule has 0 atom stereocenters. The number of carbonyl (C=O) groups is 1. The SMILES string of the molecule is Cc1ccc2c(C(=O)c3ccccc3)cc3ccccc3c2c1. The molecule has 4 aromatic carbocycles. The van der Waals surface area contributed by atoms with E-state index in [0.29, 0.717) is 0 Å². The molecule has 0 spiro atoms. The molecule has 1 nitrogen and oxygen atoms in total. The Hall–Kier alpha value is -2.93. The van der Waals surface area contributed by atoms with Crippen LogP contribution < -0.4 is 0 Å². The highest BCUT2D eigenvalue weighted by Crippen LogP contribution is 2.30. The summed E-state index contributed by atoms with van der Waals surface area (Å²) in [5.41, 5.74) is 2.70. The van der Waals surface area contributed by atoms with Crippen LogP contribution in [-0.2, 0) is 0 Å². The fourth-order valence-electron chi connectivity index (χ4n) is 3.15. The van der Waals surface area contributed by atoms with Crippen LogP contribution in [0, 0.1) is 6.92 Å².